The quantitative estimate of drug-likeness (QED) is 0.608. The molecule has 144 valence electrons. The predicted molar refractivity (Wildman–Crippen MR) is 106 cm³/mol. The maximum Gasteiger partial charge on any atom is 0.365 e. The molecule has 0 bridgehead atoms. The Kier molecular flexibility index (Phi) is 6.81. The molecule has 0 saturated carbocycles. The van der Waals surface area contributed by atoms with Crippen molar-refractivity contribution in [1.82, 2.24) is 20.1 Å². The van der Waals surface area contributed by atoms with Gasteiger partial charge in [-0.25, -0.2) is 4.79 Å². The molecule has 1 aliphatic heterocycles. The van der Waals surface area contributed by atoms with Crippen molar-refractivity contribution in [3.8, 4) is 5.75 Å². The number of nitrogens with one attached hydrogen (secondary N) is 2. The van der Waals surface area contributed by atoms with Crippen molar-refractivity contribution < 1.29 is 4.74 Å². The minimum atomic E-state index is -0.538. The van der Waals surface area contributed by atoms with E-state index in [9.17, 15) is 4.79 Å². The summed E-state index contributed by atoms with van der Waals surface area (Å²) in [6, 6.07) is 8.26. The van der Waals surface area contributed by atoms with E-state index in [0.29, 0.717) is 19.0 Å². The number of H-pyrrole nitrogens is 1. The van der Waals surface area contributed by atoms with Gasteiger partial charge in [-0.1, -0.05) is 29.7 Å². The van der Waals surface area contributed by atoms with E-state index in [1.54, 1.807) is 0 Å². The van der Waals surface area contributed by atoms with Crippen LogP contribution in [0.3, 0.4) is 0 Å². The highest BCUT2D eigenvalue weighted by atomic mass is 16.5. The lowest BCUT2D eigenvalue weighted by atomic mass is 10.1. The van der Waals surface area contributed by atoms with E-state index in [1.807, 2.05) is 24.3 Å². The lowest BCUT2D eigenvalue weighted by Gasteiger charge is -2.26. The summed E-state index contributed by atoms with van der Waals surface area (Å²) in [5.74, 6) is 1.39. The zero-order valence-corrected chi connectivity index (χ0v) is 15.4. The van der Waals surface area contributed by atoms with Crippen LogP contribution in [0.15, 0.2) is 41.2 Å². The third kappa shape index (κ3) is 6.10. The summed E-state index contributed by atoms with van der Waals surface area (Å²) in [6.45, 7) is 4.31. The largest absolute Gasteiger partial charge is 0.490 e. The molecule has 0 amide bonds. The molecule has 8 heteroatoms. The Balaban J connectivity index is 1.42. The Labute approximate surface area is 158 Å². The minimum Gasteiger partial charge on any atom is -0.490 e. The first-order valence-electron chi connectivity index (χ1n) is 9.26. The topological polar surface area (TPSA) is 109 Å². The molecule has 27 heavy (non-hydrogen) atoms. The molecule has 1 aromatic carbocycles. The number of piperidine rings is 1. The van der Waals surface area contributed by atoms with Crippen LogP contribution < -0.4 is 21.5 Å². The van der Waals surface area contributed by atoms with E-state index in [4.69, 9.17) is 10.5 Å². The summed E-state index contributed by atoms with van der Waals surface area (Å²) >= 11 is 0. The fourth-order valence-corrected chi connectivity index (χ4v) is 3.05. The van der Waals surface area contributed by atoms with Gasteiger partial charge in [-0.05, 0) is 49.7 Å². The summed E-state index contributed by atoms with van der Waals surface area (Å²) < 4.78 is 5.79. The molecule has 2 heterocycles. The zero-order valence-electron chi connectivity index (χ0n) is 15.4. The van der Waals surface area contributed by atoms with Crippen molar-refractivity contribution in [3.05, 3.63) is 52.5 Å². The Morgan fingerprint density at radius 3 is 2.93 bits per heavy atom. The monoisotopic (exact) mass is 370 g/mol. The second kappa shape index (κ2) is 9.72. The van der Waals surface area contributed by atoms with Crippen LogP contribution in [0.1, 0.15) is 24.8 Å². The van der Waals surface area contributed by atoms with Crippen LogP contribution in [0, 0.1) is 0 Å². The van der Waals surface area contributed by atoms with Gasteiger partial charge in [0, 0.05) is 13.1 Å². The molecule has 0 radical (unpaired) electrons. The fraction of sp³-hybridized carbons (Fsp3) is 0.421. The number of aromatic amines is 1. The maximum atomic E-state index is 11.1. The number of ether oxygens (including phenoxy) is 1. The van der Waals surface area contributed by atoms with E-state index in [0.717, 1.165) is 12.3 Å². The van der Waals surface area contributed by atoms with E-state index in [2.05, 4.69) is 37.5 Å². The van der Waals surface area contributed by atoms with Crippen molar-refractivity contribution in [2.45, 2.75) is 25.8 Å². The first-order chi connectivity index (χ1) is 13.2. The highest BCUT2D eigenvalue weighted by Gasteiger charge is 2.10. The van der Waals surface area contributed by atoms with Gasteiger partial charge in [0.1, 0.15) is 12.4 Å². The number of nitrogen functional groups attached to an aromatic ring is 1. The lowest BCUT2D eigenvalue weighted by Crippen LogP contribution is -2.29. The number of likely N-dealkylation sites (tertiary alicyclic amines) is 1. The summed E-state index contributed by atoms with van der Waals surface area (Å²) in [5, 5.41) is 9.84. The number of benzene rings is 1. The SMILES string of the molecule is Nc1nnc(=O)[nH]c1NC/C=C/COc1cccc(CN2CCCCC2)c1. The van der Waals surface area contributed by atoms with Gasteiger partial charge in [-0.3, -0.25) is 9.88 Å². The third-order valence-electron chi connectivity index (χ3n) is 4.40. The van der Waals surface area contributed by atoms with Crippen molar-refractivity contribution in [2.24, 2.45) is 0 Å². The molecular weight excluding hydrogens is 344 g/mol. The molecule has 1 saturated heterocycles. The van der Waals surface area contributed by atoms with Crippen LogP contribution in [0.2, 0.25) is 0 Å². The average molecular weight is 370 g/mol. The van der Waals surface area contributed by atoms with Gasteiger partial charge in [0.05, 0.1) is 0 Å². The van der Waals surface area contributed by atoms with Crippen LogP contribution in [-0.4, -0.2) is 46.3 Å². The second-order valence-electron chi connectivity index (χ2n) is 6.54. The first kappa shape index (κ1) is 18.9. The molecule has 3 rings (SSSR count). The summed E-state index contributed by atoms with van der Waals surface area (Å²) in [6.07, 6.45) is 7.75. The predicted octanol–water partition coefficient (Wildman–Crippen LogP) is 1.78. The Hall–Kier alpha value is -2.87. The van der Waals surface area contributed by atoms with Crippen LogP contribution in [0.4, 0.5) is 11.6 Å². The van der Waals surface area contributed by atoms with Gasteiger partial charge < -0.3 is 15.8 Å². The van der Waals surface area contributed by atoms with Crippen LogP contribution >= 0.6 is 0 Å². The number of anilines is 2. The van der Waals surface area contributed by atoms with Gasteiger partial charge in [0.25, 0.3) is 0 Å². The average Bonchev–Trinajstić information content (AvgIpc) is 2.68. The number of aromatic nitrogens is 3. The van der Waals surface area contributed by atoms with Crippen molar-refractivity contribution >= 4 is 11.6 Å². The maximum absolute atomic E-state index is 11.1. The van der Waals surface area contributed by atoms with E-state index < -0.39 is 5.69 Å². The van der Waals surface area contributed by atoms with E-state index in [1.165, 1.54) is 37.9 Å². The second-order valence-corrected chi connectivity index (χ2v) is 6.54. The van der Waals surface area contributed by atoms with E-state index >= 15 is 0 Å². The zero-order chi connectivity index (χ0) is 18.9. The molecular formula is C19H26N6O2. The number of hydrogen-bond donors (Lipinski definition) is 3. The molecule has 0 unspecified atom stereocenters. The summed E-state index contributed by atoms with van der Waals surface area (Å²) in [7, 11) is 0. The highest BCUT2D eigenvalue weighted by molar-refractivity contribution is 5.54. The van der Waals surface area contributed by atoms with Crippen molar-refractivity contribution in [1.29, 1.82) is 0 Å². The van der Waals surface area contributed by atoms with E-state index in [-0.39, 0.29) is 5.82 Å². The van der Waals surface area contributed by atoms with Gasteiger partial charge in [-0.15, -0.1) is 5.10 Å². The molecule has 0 aliphatic carbocycles. The number of rotatable bonds is 8. The lowest BCUT2D eigenvalue weighted by molar-refractivity contribution is 0.220. The Morgan fingerprint density at radius 2 is 2.07 bits per heavy atom. The molecule has 8 nitrogen and oxygen atoms in total. The van der Waals surface area contributed by atoms with Crippen molar-refractivity contribution in [3.63, 3.8) is 0 Å². The van der Waals surface area contributed by atoms with Crippen LogP contribution in [0.25, 0.3) is 0 Å². The number of nitrogens with zero attached hydrogens (tertiary/aromatic N) is 3. The highest BCUT2D eigenvalue weighted by Crippen LogP contribution is 2.17. The smallest absolute Gasteiger partial charge is 0.365 e. The third-order valence-corrected chi connectivity index (χ3v) is 4.40. The molecule has 0 atom stereocenters. The van der Waals surface area contributed by atoms with Crippen molar-refractivity contribution in [2.75, 3.05) is 37.3 Å². The minimum absolute atomic E-state index is 0.157. The van der Waals surface area contributed by atoms with Gasteiger partial charge in [0.2, 0.25) is 0 Å². The standard InChI is InChI=1S/C19H26N6O2/c20-17-18(22-19(26)24-23-17)21-9-2-5-12-27-16-8-6-7-15(13-16)14-25-10-3-1-4-11-25/h2,5-8,13H,1,3-4,9-12,14H2,(H2,20,23)(H2,21,22,24,26)/b5-2+. The Bertz CT molecular complexity index is 814. The van der Waals surface area contributed by atoms with Gasteiger partial charge in [0.15, 0.2) is 11.6 Å². The molecule has 1 aromatic heterocycles. The normalized spacial score (nSPS) is 15.1. The fourth-order valence-electron chi connectivity index (χ4n) is 3.05. The van der Waals surface area contributed by atoms with Gasteiger partial charge >= 0.3 is 5.69 Å². The Morgan fingerprint density at radius 1 is 1.22 bits per heavy atom. The molecule has 1 aliphatic rings. The number of hydrogen-bond acceptors (Lipinski definition) is 7. The summed E-state index contributed by atoms with van der Waals surface area (Å²) in [4.78, 5) is 16.1. The first-order valence-corrected chi connectivity index (χ1v) is 9.26. The number of nitrogens with two attached hydrogens (primary N) is 1. The van der Waals surface area contributed by atoms with Crippen LogP contribution in [-0.2, 0) is 6.54 Å². The molecule has 2 aromatic rings. The molecule has 1 fully saturated rings. The summed E-state index contributed by atoms with van der Waals surface area (Å²) in [5.41, 5.74) is 6.37. The van der Waals surface area contributed by atoms with Crippen LogP contribution in [0.5, 0.6) is 5.75 Å². The van der Waals surface area contributed by atoms with Gasteiger partial charge in [-0.2, -0.15) is 0 Å². The molecule has 4 N–H and O–H groups in total. The molecule has 0 spiro atoms.